The minimum absolute atomic E-state index is 0.0650. The minimum atomic E-state index is -0.595. The Hall–Kier alpha value is -4.07. The molecule has 2 N–H and O–H groups in total. The van der Waals surface area contributed by atoms with Crippen LogP contribution in [0.2, 0.25) is 0 Å². The van der Waals surface area contributed by atoms with Crippen LogP contribution in [0.15, 0.2) is 60.8 Å². The van der Waals surface area contributed by atoms with Crippen molar-refractivity contribution in [1.29, 1.82) is 0 Å². The second kappa shape index (κ2) is 8.82. The number of benzene rings is 2. The second-order valence-corrected chi connectivity index (χ2v) is 8.70. The molecule has 0 aliphatic heterocycles. The van der Waals surface area contributed by atoms with Crippen molar-refractivity contribution in [3.8, 4) is 11.5 Å². The second-order valence-electron chi connectivity index (χ2n) is 8.70. The summed E-state index contributed by atoms with van der Waals surface area (Å²) in [5.41, 5.74) is 4.07. The number of amides is 1. The van der Waals surface area contributed by atoms with Crippen LogP contribution in [0.1, 0.15) is 26.3 Å². The fourth-order valence-electron chi connectivity index (χ4n) is 3.38. The van der Waals surface area contributed by atoms with Crippen molar-refractivity contribution in [2.75, 3.05) is 17.7 Å². The zero-order valence-corrected chi connectivity index (χ0v) is 19.3. The normalized spacial score (nSPS) is 11.3. The number of carbonyl (C=O) groups is 1. The lowest BCUT2D eigenvalue weighted by Crippen LogP contribution is -2.11. The molecule has 0 bridgehead atoms. The van der Waals surface area contributed by atoms with Gasteiger partial charge in [0.15, 0.2) is 0 Å². The third-order valence-corrected chi connectivity index (χ3v) is 5.22. The van der Waals surface area contributed by atoms with Gasteiger partial charge in [-0.15, -0.1) is 0 Å². The Morgan fingerprint density at radius 2 is 1.82 bits per heavy atom. The van der Waals surface area contributed by atoms with Gasteiger partial charge in [-0.05, 0) is 41.3 Å². The van der Waals surface area contributed by atoms with Crippen LogP contribution in [0.5, 0.6) is 11.5 Å². The molecule has 33 heavy (non-hydrogen) atoms. The molecule has 2 aromatic carbocycles. The number of aromatic nitrogens is 3. The number of aryl methyl sites for hydroxylation is 1. The quantitative estimate of drug-likeness (QED) is 0.393. The summed E-state index contributed by atoms with van der Waals surface area (Å²) in [4.78, 5) is 20.2. The maximum absolute atomic E-state index is 11.4. The van der Waals surface area contributed by atoms with Gasteiger partial charge in [-0.1, -0.05) is 32.9 Å². The largest absolute Gasteiger partial charge is 0.457 e. The molecule has 0 saturated heterocycles. The predicted octanol–water partition coefficient (Wildman–Crippen LogP) is 5.98. The maximum Gasteiger partial charge on any atom is 0.412 e. The van der Waals surface area contributed by atoms with Crippen molar-refractivity contribution in [3.63, 3.8) is 0 Å². The molecule has 0 saturated carbocycles. The first-order valence-electron chi connectivity index (χ1n) is 10.6. The predicted molar refractivity (Wildman–Crippen MR) is 129 cm³/mol. The number of pyridine rings is 1. The third-order valence-electron chi connectivity index (χ3n) is 5.22. The van der Waals surface area contributed by atoms with E-state index in [0.717, 1.165) is 22.7 Å². The summed E-state index contributed by atoms with van der Waals surface area (Å²) >= 11 is 0. The van der Waals surface area contributed by atoms with Crippen LogP contribution in [-0.2, 0) is 17.2 Å². The lowest BCUT2D eigenvalue weighted by molar-refractivity contribution is 0.187. The molecule has 2 aromatic heterocycles. The van der Waals surface area contributed by atoms with Gasteiger partial charge in [-0.3, -0.25) is 5.32 Å². The first-order valence-corrected chi connectivity index (χ1v) is 10.6. The number of nitrogens with zero attached hydrogens (tertiary/aromatic N) is 3. The summed E-state index contributed by atoms with van der Waals surface area (Å²) in [6, 6.07) is 17.4. The standard InChI is InChI=1S/C25H27N5O3/c1-25(2,3)16-7-6-8-17(13-16)27-23-28-20-14-18(9-10-21(20)30(23)4)33-19-11-12-26-22(15-19)29-24(31)32-5/h6-15H,1-5H3,(H,27,28)(H,26,29,31). The number of rotatable bonds is 5. The molecule has 170 valence electrons. The van der Waals surface area contributed by atoms with Crippen molar-refractivity contribution in [2.24, 2.45) is 7.05 Å². The van der Waals surface area contributed by atoms with Gasteiger partial charge >= 0.3 is 6.09 Å². The fraction of sp³-hybridized carbons (Fsp3) is 0.240. The molecule has 8 nitrogen and oxygen atoms in total. The molecule has 4 rings (SSSR count). The van der Waals surface area contributed by atoms with E-state index in [9.17, 15) is 4.79 Å². The number of hydrogen-bond acceptors (Lipinski definition) is 6. The maximum atomic E-state index is 11.4. The zero-order valence-electron chi connectivity index (χ0n) is 19.3. The van der Waals surface area contributed by atoms with Gasteiger partial charge in [-0.2, -0.15) is 0 Å². The van der Waals surface area contributed by atoms with Crippen molar-refractivity contribution in [3.05, 3.63) is 66.4 Å². The van der Waals surface area contributed by atoms with Crippen molar-refractivity contribution in [2.45, 2.75) is 26.2 Å². The van der Waals surface area contributed by atoms with Gasteiger partial charge in [0.25, 0.3) is 0 Å². The first kappa shape index (κ1) is 22.1. The van der Waals surface area contributed by atoms with E-state index in [4.69, 9.17) is 9.72 Å². The Morgan fingerprint density at radius 1 is 1.03 bits per heavy atom. The number of anilines is 3. The van der Waals surface area contributed by atoms with Crippen LogP contribution in [0.3, 0.4) is 0 Å². The Kier molecular flexibility index (Phi) is 5.91. The molecule has 0 radical (unpaired) electrons. The van der Waals surface area contributed by atoms with Crippen LogP contribution in [0, 0.1) is 0 Å². The Bertz CT molecular complexity index is 1310. The van der Waals surface area contributed by atoms with Crippen LogP contribution < -0.4 is 15.4 Å². The molecule has 0 spiro atoms. The molecule has 8 heteroatoms. The average molecular weight is 446 g/mol. The topological polar surface area (TPSA) is 90.3 Å². The van der Waals surface area contributed by atoms with Crippen LogP contribution >= 0.6 is 0 Å². The van der Waals surface area contributed by atoms with E-state index in [1.807, 2.05) is 35.9 Å². The Labute approximate surface area is 192 Å². The molecular weight excluding hydrogens is 418 g/mol. The van der Waals surface area contributed by atoms with E-state index >= 15 is 0 Å². The van der Waals surface area contributed by atoms with E-state index < -0.39 is 6.09 Å². The molecule has 0 aliphatic rings. The summed E-state index contributed by atoms with van der Waals surface area (Å²) in [5, 5.41) is 5.94. The number of imidazole rings is 1. The summed E-state index contributed by atoms with van der Waals surface area (Å²) in [5.74, 6) is 2.23. The van der Waals surface area contributed by atoms with Gasteiger partial charge < -0.3 is 19.4 Å². The minimum Gasteiger partial charge on any atom is -0.457 e. The highest BCUT2D eigenvalue weighted by Crippen LogP contribution is 2.30. The highest BCUT2D eigenvalue weighted by atomic mass is 16.5. The highest BCUT2D eigenvalue weighted by molar-refractivity contribution is 5.83. The van der Waals surface area contributed by atoms with Gasteiger partial charge in [0.2, 0.25) is 5.95 Å². The van der Waals surface area contributed by atoms with Gasteiger partial charge in [0.1, 0.15) is 17.3 Å². The summed E-state index contributed by atoms with van der Waals surface area (Å²) < 4.78 is 12.6. The SMILES string of the molecule is COC(=O)Nc1cc(Oc2ccc3c(c2)nc(Nc2cccc(C(C)(C)C)c2)n3C)ccn1. The van der Waals surface area contributed by atoms with Crippen LogP contribution in [0.4, 0.5) is 22.2 Å². The van der Waals surface area contributed by atoms with Gasteiger partial charge in [0.05, 0.1) is 18.1 Å². The lowest BCUT2D eigenvalue weighted by Gasteiger charge is -2.20. The molecule has 0 atom stereocenters. The average Bonchev–Trinajstić information content (AvgIpc) is 3.08. The van der Waals surface area contributed by atoms with Gasteiger partial charge in [-0.25, -0.2) is 14.8 Å². The number of methoxy groups -OCH3 is 1. The number of carbonyl (C=O) groups excluding carboxylic acids is 1. The van der Waals surface area contributed by atoms with Crippen LogP contribution in [-0.4, -0.2) is 27.7 Å². The van der Waals surface area contributed by atoms with Crippen molar-refractivity contribution >= 4 is 34.6 Å². The molecule has 0 fully saturated rings. The molecule has 0 unspecified atom stereocenters. The lowest BCUT2D eigenvalue weighted by atomic mass is 9.87. The monoisotopic (exact) mass is 445 g/mol. The molecule has 4 aromatic rings. The first-order chi connectivity index (χ1) is 15.7. The van der Waals surface area contributed by atoms with E-state index in [1.54, 1.807) is 18.3 Å². The van der Waals surface area contributed by atoms with E-state index in [1.165, 1.54) is 12.7 Å². The van der Waals surface area contributed by atoms with Crippen molar-refractivity contribution in [1.82, 2.24) is 14.5 Å². The summed E-state index contributed by atoms with van der Waals surface area (Å²) in [6.07, 6.45) is 0.954. The highest BCUT2D eigenvalue weighted by Gasteiger charge is 2.15. The van der Waals surface area contributed by atoms with Crippen molar-refractivity contribution < 1.29 is 14.3 Å². The van der Waals surface area contributed by atoms with Crippen LogP contribution in [0.25, 0.3) is 11.0 Å². The number of nitrogens with one attached hydrogen (secondary N) is 2. The smallest absolute Gasteiger partial charge is 0.412 e. The Morgan fingerprint density at radius 3 is 2.58 bits per heavy atom. The van der Waals surface area contributed by atoms with E-state index in [-0.39, 0.29) is 5.41 Å². The number of fused-ring (bicyclic) bond motifs is 1. The molecular formula is C25H27N5O3. The molecule has 2 heterocycles. The van der Waals surface area contributed by atoms with E-state index in [2.05, 4.69) is 59.3 Å². The molecule has 0 aliphatic carbocycles. The number of ether oxygens (including phenoxy) is 2. The summed E-state index contributed by atoms with van der Waals surface area (Å²) in [7, 11) is 3.27. The van der Waals surface area contributed by atoms with Gasteiger partial charge in [0, 0.05) is 31.1 Å². The third kappa shape index (κ3) is 5.06. The number of hydrogen-bond donors (Lipinski definition) is 2. The summed E-state index contributed by atoms with van der Waals surface area (Å²) in [6.45, 7) is 6.58. The molecule has 1 amide bonds. The fourth-order valence-corrected chi connectivity index (χ4v) is 3.38. The van der Waals surface area contributed by atoms with E-state index in [0.29, 0.717) is 17.3 Å². The zero-order chi connectivity index (χ0) is 23.6. The Balaban J connectivity index is 1.56.